The van der Waals surface area contributed by atoms with E-state index in [9.17, 15) is 13.2 Å². The van der Waals surface area contributed by atoms with Crippen LogP contribution in [0.4, 0.5) is 5.69 Å². The number of nitrogens with one attached hydrogen (secondary N) is 1. The average molecular weight is 525 g/mol. The van der Waals surface area contributed by atoms with E-state index in [1.165, 1.54) is 4.31 Å². The van der Waals surface area contributed by atoms with Gasteiger partial charge in [0.1, 0.15) is 6.54 Å². The maximum absolute atomic E-state index is 12.6. The highest BCUT2D eigenvalue weighted by molar-refractivity contribution is 14.0. The highest BCUT2D eigenvalue weighted by Crippen LogP contribution is 2.16. The van der Waals surface area contributed by atoms with Gasteiger partial charge in [-0.15, -0.1) is 24.0 Å². The first kappa shape index (κ1) is 22.9. The fraction of sp³-hybridized carbons (Fsp3) is 0.688. The minimum atomic E-state index is -3.11. The molecule has 12 heteroatoms. The van der Waals surface area contributed by atoms with Gasteiger partial charge in [-0.2, -0.15) is 5.10 Å². The third-order valence-corrected chi connectivity index (χ3v) is 6.63. The second-order valence-electron chi connectivity index (χ2n) is 6.64. The topological polar surface area (TPSA) is 103 Å². The van der Waals surface area contributed by atoms with E-state index >= 15 is 0 Å². The van der Waals surface area contributed by atoms with Crippen molar-refractivity contribution in [2.24, 2.45) is 12.0 Å². The van der Waals surface area contributed by atoms with E-state index in [4.69, 9.17) is 0 Å². The lowest BCUT2D eigenvalue weighted by molar-refractivity contribution is -0.120. The number of anilines is 1. The van der Waals surface area contributed by atoms with Crippen molar-refractivity contribution >= 4 is 51.6 Å². The number of piperazine rings is 1. The first-order chi connectivity index (χ1) is 12.9. The van der Waals surface area contributed by atoms with E-state index in [0.29, 0.717) is 51.6 Å². The number of aromatic nitrogens is 2. The van der Waals surface area contributed by atoms with E-state index in [1.807, 2.05) is 25.1 Å². The van der Waals surface area contributed by atoms with Gasteiger partial charge in [0.05, 0.1) is 24.2 Å². The largest absolute Gasteiger partial charge is 0.357 e. The third kappa shape index (κ3) is 5.35. The Morgan fingerprint density at radius 1 is 1.32 bits per heavy atom. The Hall–Kier alpha value is -1.41. The van der Waals surface area contributed by atoms with Crippen molar-refractivity contribution in [2.75, 3.05) is 56.5 Å². The number of amides is 1. The summed E-state index contributed by atoms with van der Waals surface area (Å²) < 4.78 is 26.9. The molecule has 0 atom stereocenters. The van der Waals surface area contributed by atoms with E-state index in [1.54, 1.807) is 15.8 Å². The molecule has 0 aliphatic carbocycles. The van der Waals surface area contributed by atoms with E-state index in [-0.39, 0.29) is 42.2 Å². The zero-order valence-electron chi connectivity index (χ0n) is 16.2. The summed E-state index contributed by atoms with van der Waals surface area (Å²) in [5.74, 6) is 0.858. The van der Waals surface area contributed by atoms with Crippen molar-refractivity contribution < 1.29 is 13.2 Å². The number of aliphatic imine (C=N–C) groups is 1. The molecule has 158 valence electrons. The fourth-order valence-electron chi connectivity index (χ4n) is 3.31. The highest BCUT2D eigenvalue weighted by Gasteiger charge is 2.29. The molecule has 1 amide bonds. The molecule has 3 heterocycles. The SMILES string of the molecule is CCNC(=NCCN1CCCS1(=O)=O)N1CCN(c2cnn(C)c2)C(=O)C1.I. The number of hydrogen-bond acceptors (Lipinski definition) is 5. The molecule has 0 bridgehead atoms. The molecule has 2 aliphatic heterocycles. The standard InChI is InChI=1S/C16H27N7O3S.HI/c1-3-17-16(18-5-7-22-6-4-10-27(22,25)26)21-8-9-23(15(24)13-21)14-11-19-20(2)12-14;/h11-12H,3-10,13H2,1-2H3,(H,17,18);1H. The zero-order valence-corrected chi connectivity index (χ0v) is 19.4. The molecule has 28 heavy (non-hydrogen) atoms. The van der Waals surface area contributed by atoms with Crippen LogP contribution < -0.4 is 10.2 Å². The van der Waals surface area contributed by atoms with E-state index in [0.717, 1.165) is 5.69 Å². The highest BCUT2D eigenvalue weighted by atomic mass is 127. The average Bonchev–Trinajstić information content (AvgIpc) is 3.19. The van der Waals surface area contributed by atoms with Crippen LogP contribution in [0.1, 0.15) is 13.3 Å². The molecule has 0 saturated carbocycles. The number of nitrogens with zero attached hydrogens (tertiary/aromatic N) is 6. The zero-order chi connectivity index (χ0) is 19.4. The Bertz CT molecular complexity index is 811. The Labute approximate surface area is 183 Å². The molecule has 1 aromatic heterocycles. The summed E-state index contributed by atoms with van der Waals surface area (Å²) in [5.41, 5.74) is 0.795. The first-order valence-corrected chi connectivity index (χ1v) is 10.8. The van der Waals surface area contributed by atoms with E-state index < -0.39 is 10.0 Å². The Morgan fingerprint density at radius 2 is 2.11 bits per heavy atom. The van der Waals surface area contributed by atoms with Crippen molar-refractivity contribution in [3.05, 3.63) is 12.4 Å². The van der Waals surface area contributed by atoms with Gasteiger partial charge in [0, 0.05) is 46.0 Å². The molecule has 0 spiro atoms. The molecule has 0 radical (unpaired) electrons. The molecule has 1 N–H and O–H groups in total. The summed E-state index contributed by atoms with van der Waals surface area (Å²) in [6.07, 6.45) is 4.18. The van der Waals surface area contributed by atoms with Crippen LogP contribution >= 0.6 is 24.0 Å². The summed E-state index contributed by atoms with van der Waals surface area (Å²) >= 11 is 0. The number of halogens is 1. The summed E-state index contributed by atoms with van der Waals surface area (Å²) in [6, 6.07) is 0. The summed E-state index contributed by atoms with van der Waals surface area (Å²) in [6.45, 7) is 5.38. The first-order valence-electron chi connectivity index (χ1n) is 9.21. The second-order valence-corrected chi connectivity index (χ2v) is 8.73. The molecule has 2 fully saturated rings. The normalized spacial score (nSPS) is 20.4. The Morgan fingerprint density at radius 3 is 2.68 bits per heavy atom. The van der Waals surface area contributed by atoms with Crippen molar-refractivity contribution in [3.8, 4) is 0 Å². The molecular formula is C16H28IN7O3S. The smallest absolute Gasteiger partial charge is 0.246 e. The Balaban J connectivity index is 0.00000280. The van der Waals surface area contributed by atoms with Gasteiger partial charge in [-0.3, -0.25) is 14.5 Å². The fourth-order valence-corrected chi connectivity index (χ4v) is 4.83. The summed E-state index contributed by atoms with van der Waals surface area (Å²) in [4.78, 5) is 20.7. The number of aryl methyl sites for hydroxylation is 1. The third-order valence-electron chi connectivity index (χ3n) is 4.67. The molecule has 1 aromatic rings. The van der Waals surface area contributed by atoms with Crippen LogP contribution in [0.15, 0.2) is 17.4 Å². The number of hydrogen-bond donors (Lipinski definition) is 1. The maximum atomic E-state index is 12.6. The minimum Gasteiger partial charge on any atom is -0.357 e. The van der Waals surface area contributed by atoms with Gasteiger partial charge < -0.3 is 15.1 Å². The van der Waals surface area contributed by atoms with Crippen molar-refractivity contribution in [2.45, 2.75) is 13.3 Å². The molecule has 0 aromatic carbocycles. The number of sulfonamides is 1. The molecule has 3 rings (SSSR count). The molecule has 2 saturated heterocycles. The number of carbonyl (C=O) groups is 1. The Kier molecular flexibility index (Phi) is 8.07. The predicted molar refractivity (Wildman–Crippen MR) is 119 cm³/mol. The van der Waals surface area contributed by atoms with Crippen LogP contribution in [-0.4, -0.2) is 90.8 Å². The predicted octanol–water partition coefficient (Wildman–Crippen LogP) is -0.312. The monoisotopic (exact) mass is 525 g/mol. The van der Waals surface area contributed by atoms with Crippen LogP contribution in [0, 0.1) is 0 Å². The van der Waals surface area contributed by atoms with Gasteiger partial charge in [0.2, 0.25) is 15.9 Å². The number of rotatable bonds is 5. The molecular weight excluding hydrogens is 497 g/mol. The van der Waals surface area contributed by atoms with Crippen LogP contribution in [-0.2, 0) is 21.9 Å². The van der Waals surface area contributed by atoms with Gasteiger partial charge in [-0.1, -0.05) is 0 Å². The number of guanidine groups is 1. The van der Waals surface area contributed by atoms with Crippen molar-refractivity contribution in [1.82, 2.24) is 24.3 Å². The van der Waals surface area contributed by atoms with Gasteiger partial charge in [-0.05, 0) is 13.3 Å². The van der Waals surface area contributed by atoms with Crippen molar-refractivity contribution in [1.29, 1.82) is 0 Å². The van der Waals surface area contributed by atoms with E-state index in [2.05, 4.69) is 15.4 Å². The van der Waals surface area contributed by atoms with Crippen LogP contribution in [0.25, 0.3) is 0 Å². The minimum absolute atomic E-state index is 0. The number of carbonyl (C=O) groups excluding carboxylic acids is 1. The van der Waals surface area contributed by atoms with Crippen LogP contribution in [0.5, 0.6) is 0 Å². The van der Waals surface area contributed by atoms with Gasteiger partial charge >= 0.3 is 0 Å². The van der Waals surface area contributed by atoms with Gasteiger partial charge in [0.25, 0.3) is 0 Å². The summed E-state index contributed by atoms with van der Waals surface area (Å²) in [7, 11) is -1.29. The lowest BCUT2D eigenvalue weighted by atomic mass is 10.3. The molecule has 0 unspecified atom stereocenters. The van der Waals surface area contributed by atoms with Crippen LogP contribution in [0.2, 0.25) is 0 Å². The molecule has 2 aliphatic rings. The lowest BCUT2D eigenvalue weighted by Crippen LogP contribution is -2.55. The van der Waals surface area contributed by atoms with Crippen LogP contribution in [0.3, 0.4) is 0 Å². The maximum Gasteiger partial charge on any atom is 0.246 e. The summed E-state index contributed by atoms with van der Waals surface area (Å²) in [5, 5.41) is 7.32. The van der Waals surface area contributed by atoms with Gasteiger partial charge in [-0.25, -0.2) is 12.7 Å². The molecule has 10 nitrogen and oxygen atoms in total. The van der Waals surface area contributed by atoms with Crippen molar-refractivity contribution in [3.63, 3.8) is 0 Å². The lowest BCUT2D eigenvalue weighted by Gasteiger charge is -2.35. The quantitative estimate of drug-likeness (QED) is 0.322. The van der Waals surface area contributed by atoms with Gasteiger partial charge in [0.15, 0.2) is 5.96 Å². The second kappa shape index (κ2) is 9.87.